The van der Waals surface area contributed by atoms with Gasteiger partial charge in [0.05, 0.1) is 5.57 Å². The van der Waals surface area contributed by atoms with Crippen LogP contribution in [0.2, 0.25) is 5.02 Å². The predicted molar refractivity (Wildman–Crippen MR) is 107 cm³/mol. The Balaban J connectivity index is 2.19. The van der Waals surface area contributed by atoms with Gasteiger partial charge in [0.2, 0.25) is 0 Å². The number of aryl methyl sites for hydroxylation is 2. The minimum absolute atomic E-state index is 0.553. The number of hydrogen-bond acceptors (Lipinski definition) is 0. The molecule has 0 atom stereocenters. The average Bonchev–Trinajstić information content (AvgIpc) is 2.96. The van der Waals surface area contributed by atoms with Gasteiger partial charge < -0.3 is 17.6 Å². The van der Waals surface area contributed by atoms with Gasteiger partial charge in [-0.2, -0.15) is 0 Å². The van der Waals surface area contributed by atoms with E-state index >= 15 is 8.63 Å². The van der Waals surface area contributed by atoms with Crippen LogP contribution in [0.1, 0.15) is 36.4 Å². The smallest absolute Gasteiger partial charge is 0.393 e. The molecule has 2 aromatic rings. The molecular weight excluding hydrogens is 420 g/mol. The fourth-order valence-corrected chi connectivity index (χ4v) is 5.13. The molecule has 0 amide bonds. The van der Waals surface area contributed by atoms with E-state index in [-0.39, 0.29) is 0 Å². The summed E-state index contributed by atoms with van der Waals surface area (Å²) in [5.74, 6) is 0. The first-order valence-electron chi connectivity index (χ1n) is 8.36. The lowest BCUT2D eigenvalue weighted by Crippen LogP contribution is -2.51. The quantitative estimate of drug-likeness (QED) is 0.487. The number of benzene rings is 1. The SMILES string of the molecule is CC1=CC(C)=[N+]2C1=C(c1cc(Cl)cc(Br)c1)c1c(C)cc(C)n1[B-]2(F)F. The Labute approximate surface area is 164 Å². The second kappa shape index (κ2) is 5.67. The molecule has 0 radical (unpaired) electrons. The monoisotopic (exact) mass is 436 g/mol. The molecule has 2 nitrogen and oxygen atoms in total. The lowest BCUT2D eigenvalue weighted by Gasteiger charge is -2.34. The second-order valence-corrected chi connectivity index (χ2v) is 8.35. The van der Waals surface area contributed by atoms with Crippen LogP contribution in [0.5, 0.6) is 0 Å². The molecular formula is C19H17BBrClF2N2. The van der Waals surface area contributed by atoms with Crippen LogP contribution in [0, 0.1) is 13.8 Å². The highest BCUT2D eigenvalue weighted by Gasteiger charge is 2.55. The molecule has 0 fully saturated rings. The Bertz CT molecular complexity index is 1060. The van der Waals surface area contributed by atoms with Crippen molar-refractivity contribution in [3.63, 3.8) is 0 Å². The normalized spacial score (nSPS) is 18.2. The van der Waals surface area contributed by atoms with Crippen LogP contribution >= 0.6 is 27.5 Å². The van der Waals surface area contributed by atoms with E-state index in [0.29, 0.717) is 27.8 Å². The third-order valence-corrected chi connectivity index (χ3v) is 5.76. The van der Waals surface area contributed by atoms with Crippen molar-refractivity contribution in [2.75, 3.05) is 0 Å². The molecule has 0 bridgehead atoms. The molecule has 134 valence electrons. The van der Waals surface area contributed by atoms with Crippen LogP contribution in [-0.2, 0) is 0 Å². The van der Waals surface area contributed by atoms with Gasteiger partial charge in [0.15, 0.2) is 5.70 Å². The van der Waals surface area contributed by atoms with Crippen LogP contribution in [0.3, 0.4) is 0 Å². The molecule has 7 heteroatoms. The van der Waals surface area contributed by atoms with Crippen LogP contribution in [0.15, 0.2) is 46.1 Å². The molecule has 2 aliphatic rings. The summed E-state index contributed by atoms with van der Waals surface area (Å²) in [6, 6.07) is 7.37. The summed E-state index contributed by atoms with van der Waals surface area (Å²) in [5, 5.41) is 0.560. The fraction of sp³-hybridized carbons (Fsp3) is 0.211. The zero-order valence-electron chi connectivity index (χ0n) is 14.9. The molecule has 1 aromatic heterocycles. The summed E-state index contributed by atoms with van der Waals surface area (Å²) in [4.78, 5) is 0. The minimum Gasteiger partial charge on any atom is -0.393 e. The van der Waals surface area contributed by atoms with Crippen molar-refractivity contribution >= 4 is 45.8 Å². The Hall–Kier alpha value is -1.66. The third kappa shape index (κ3) is 2.31. The maximum atomic E-state index is 15.5. The number of rotatable bonds is 1. The van der Waals surface area contributed by atoms with Crippen LogP contribution < -0.4 is 0 Å². The van der Waals surface area contributed by atoms with Crippen molar-refractivity contribution in [3.05, 3.63) is 73.6 Å². The van der Waals surface area contributed by atoms with Gasteiger partial charge in [0.25, 0.3) is 0 Å². The number of nitrogens with zero attached hydrogens (tertiary/aromatic N) is 2. The molecule has 0 spiro atoms. The Morgan fingerprint density at radius 2 is 1.77 bits per heavy atom. The summed E-state index contributed by atoms with van der Waals surface area (Å²) in [6.45, 7) is 3.27. The number of allylic oxidation sites excluding steroid dienone is 2. The molecule has 26 heavy (non-hydrogen) atoms. The van der Waals surface area contributed by atoms with Gasteiger partial charge in [0.1, 0.15) is 5.71 Å². The number of aromatic nitrogens is 1. The summed E-state index contributed by atoms with van der Waals surface area (Å²) in [5.41, 5.74) is 5.51. The third-order valence-electron chi connectivity index (χ3n) is 5.09. The second-order valence-electron chi connectivity index (χ2n) is 7.00. The molecule has 3 heterocycles. The van der Waals surface area contributed by atoms with Gasteiger partial charge in [-0.1, -0.05) is 27.5 Å². The Morgan fingerprint density at radius 1 is 1.08 bits per heavy atom. The van der Waals surface area contributed by atoms with Crippen molar-refractivity contribution in [2.24, 2.45) is 0 Å². The summed E-state index contributed by atoms with van der Waals surface area (Å²) >= 11 is 9.74. The summed E-state index contributed by atoms with van der Waals surface area (Å²) in [6.07, 6.45) is 1.82. The van der Waals surface area contributed by atoms with Gasteiger partial charge in [0, 0.05) is 33.8 Å². The van der Waals surface area contributed by atoms with Gasteiger partial charge in [-0.3, -0.25) is 0 Å². The summed E-state index contributed by atoms with van der Waals surface area (Å²) < 4.78 is 34.3. The maximum Gasteiger partial charge on any atom is 0.737 e. The van der Waals surface area contributed by atoms with E-state index in [0.717, 1.165) is 26.7 Å². The largest absolute Gasteiger partial charge is 0.737 e. The zero-order valence-corrected chi connectivity index (χ0v) is 17.2. The van der Waals surface area contributed by atoms with Crippen molar-refractivity contribution in [2.45, 2.75) is 27.7 Å². The van der Waals surface area contributed by atoms with E-state index in [2.05, 4.69) is 15.9 Å². The minimum atomic E-state index is -3.95. The zero-order chi connectivity index (χ0) is 19.0. The van der Waals surface area contributed by atoms with E-state index in [9.17, 15) is 0 Å². The Kier molecular flexibility index (Phi) is 3.87. The van der Waals surface area contributed by atoms with Crippen molar-refractivity contribution < 1.29 is 13.1 Å². The molecule has 0 saturated heterocycles. The molecule has 2 aliphatic heterocycles. The first-order chi connectivity index (χ1) is 12.1. The lowest BCUT2D eigenvalue weighted by atomic mass is 9.84. The van der Waals surface area contributed by atoms with Crippen molar-refractivity contribution in [1.29, 1.82) is 0 Å². The molecule has 4 rings (SSSR count). The van der Waals surface area contributed by atoms with E-state index in [4.69, 9.17) is 11.6 Å². The van der Waals surface area contributed by atoms with Gasteiger partial charge in [-0.25, -0.2) is 0 Å². The first-order valence-corrected chi connectivity index (χ1v) is 9.53. The van der Waals surface area contributed by atoms with Crippen LogP contribution in [0.25, 0.3) is 5.57 Å². The van der Waals surface area contributed by atoms with E-state index in [1.54, 1.807) is 19.9 Å². The highest BCUT2D eigenvalue weighted by atomic mass is 79.9. The van der Waals surface area contributed by atoms with Crippen molar-refractivity contribution in [3.8, 4) is 0 Å². The molecule has 0 saturated carbocycles. The highest BCUT2D eigenvalue weighted by molar-refractivity contribution is 9.10. The predicted octanol–water partition coefficient (Wildman–Crippen LogP) is 5.95. The maximum absolute atomic E-state index is 15.5. The van der Waals surface area contributed by atoms with Crippen molar-refractivity contribution in [1.82, 2.24) is 4.48 Å². The van der Waals surface area contributed by atoms with E-state index in [1.807, 2.05) is 38.1 Å². The van der Waals surface area contributed by atoms with E-state index in [1.165, 1.54) is 8.96 Å². The van der Waals surface area contributed by atoms with Crippen LogP contribution in [0.4, 0.5) is 8.63 Å². The van der Waals surface area contributed by atoms with E-state index < -0.39 is 6.97 Å². The molecule has 0 N–H and O–H groups in total. The van der Waals surface area contributed by atoms with Gasteiger partial charge in [-0.15, -0.1) is 0 Å². The van der Waals surface area contributed by atoms with Gasteiger partial charge in [-0.05, 0) is 61.9 Å². The topological polar surface area (TPSA) is 7.94 Å². The van der Waals surface area contributed by atoms with Crippen LogP contribution in [-0.4, -0.2) is 21.6 Å². The highest BCUT2D eigenvalue weighted by Crippen LogP contribution is 2.44. The molecule has 0 unspecified atom stereocenters. The Morgan fingerprint density at radius 3 is 2.42 bits per heavy atom. The number of fused-ring (bicyclic) bond motifs is 2. The molecule has 0 aliphatic carbocycles. The summed E-state index contributed by atoms with van der Waals surface area (Å²) in [7, 11) is 0. The number of hydrogen-bond donors (Lipinski definition) is 0. The molecule has 1 aromatic carbocycles. The standard InChI is InChI=1S/C19H17BBrClF2N2/c1-10-5-12(3)25-18(10)17(14-7-15(21)9-16(22)8-14)19-11(2)6-13(4)26(19)20(25,23)24/h5-9H,1-4H3. The number of halogens is 4. The first kappa shape index (κ1) is 17.7. The lowest BCUT2D eigenvalue weighted by molar-refractivity contribution is -0.363. The fourth-order valence-electron chi connectivity index (χ4n) is 4.27. The van der Waals surface area contributed by atoms with Gasteiger partial charge >= 0.3 is 6.97 Å². The average molecular weight is 438 g/mol.